The van der Waals surface area contributed by atoms with Crippen molar-refractivity contribution in [1.82, 2.24) is 14.8 Å². The molecule has 2 heterocycles. The molecule has 0 fully saturated rings. The van der Waals surface area contributed by atoms with Crippen molar-refractivity contribution in [2.75, 3.05) is 0 Å². The van der Waals surface area contributed by atoms with E-state index < -0.39 is 0 Å². The molecular formula is C12H12N4. The lowest BCUT2D eigenvalue weighted by Crippen LogP contribution is -2.00. The van der Waals surface area contributed by atoms with Gasteiger partial charge in [0.25, 0.3) is 0 Å². The van der Waals surface area contributed by atoms with E-state index in [1.54, 1.807) is 12.3 Å². The van der Waals surface area contributed by atoms with Crippen LogP contribution in [-0.4, -0.2) is 14.8 Å². The summed E-state index contributed by atoms with van der Waals surface area (Å²) in [5, 5.41) is 13.1. The molecule has 0 bridgehead atoms. The highest BCUT2D eigenvalue weighted by Crippen LogP contribution is 2.15. The van der Waals surface area contributed by atoms with Gasteiger partial charge in [-0.25, -0.2) is 9.67 Å². The Morgan fingerprint density at radius 2 is 2.00 bits per heavy atom. The first kappa shape index (κ1) is 10.4. The normalized spacial score (nSPS) is 10.1. The van der Waals surface area contributed by atoms with Crippen molar-refractivity contribution in [3.8, 4) is 11.8 Å². The molecule has 0 amide bonds. The Morgan fingerprint density at radius 3 is 2.44 bits per heavy atom. The second-order valence-corrected chi connectivity index (χ2v) is 3.72. The summed E-state index contributed by atoms with van der Waals surface area (Å²) < 4.78 is 1.85. The molecule has 0 aliphatic carbocycles. The van der Waals surface area contributed by atoms with Crippen LogP contribution in [0.25, 0.3) is 5.69 Å². The van der Waals surface area contributed by atoms with E-state index in [0.29, 0.717) is 5.69 Å². The molecule has 4 heteroatoms. The Balaban J connectivity index is 2.51. The smallest absolute Gasteiger partial charge is 0.140 e. The molecule has 0 radical (unpaired) electrons. The minimum atomic E-state index is 0.419. The first-order chi connectivity index (χ1) is 7.63. The Hall–Kier alpha value is -2.15. The van der Waals surface area contributed by atoms with Crippen LogP contribution in [0.1, 0.15) is 22.6 Å². The summed E-state index contributed by atoms with van der Waals surface area (Å²) in [4.78, 5) is 4.03. The highest BCUT2D eigenvalue weighted by Gasteiger charge is 2.08. The van der Waals surface area contributed by atoms with Crippen LogP contribution in [0.4, 0.5) is 0 Å². The minimum absolute atomic E-state index is 0.419. The number of pyridine rings is 1. The SMILES string of the molecule is Cc1nn(-c2ccc(C#N)nc2)c(C)c1C. The van der Waals surface area contributed by atoms with Gasteiger partial charge in [-0.2, -0.15) is 10.4 Å². The van der Waals surface area contributed by atoms with Crippen molar-refractivity contribution in [1.29, 1.82) is 5.26 Å². The highest BCUT2D eigenvalue weighted by molar-refractivity contribution is 5.36. The van der Waals surface area contributed by atoms with Crippen LogP contribution in [0.3, 0.4) is 0 Å². The Kier molecular flexibility index (Phi) is 2.45. The molecule has 0 saturated heterocycles. The van der Waals surface area contributed by atoms with E-state index in [2.05, 4.69) is 10.1 Å². The Morgan fingerprint density at radius 1 is 1.25 bits per heavy atom. The van der Waals surface area contributed by atoms with Crippen molar-refractivity contribution in [3.63, 3.8) is 0 Å². The molecule has 0 aromatic carbocycles. The molecule has 2 aromatic heterocycles. The molecule has 2 rings (SSSR count). The van der Waals surface area contributed by atoms with Gasteiger partial charge in [0.2, 0.25) is 0 Å². The summed E-state index contributed by atoms with van der Waals surface area (Å²) in [6, 6.07) is 5.54. The molecule has 4 nitrogen and oxygen atoms in total. The fourth-order valence-corrected chi connectivity index (χ4v) is 1.55. The second-order valence-electron chi connectivity index (χ2n) is 3.72. The van der Waals surface area contributed by atoms with Gasteiger partial charge in [0, 0.05) is 5.69 Å². The number of nitriles is 1. The minimum Gasteiger partial charge on any atom is -0.243 e. The standard InChI is InChI=1S/C12H12N4/c1-8-9(2)15-16(10(8)3)12-5-4-11(6-13)14-7-12/h4-5,7H,1-3H3. The molecule has 16 heavy (non-hydrogen) atoms. The maximum atomic E-state index is 8.67. The molecule has 0 spiro atoms. The van der Waals surface area contributed by atoms with Crippen LogP contribution in [-0.2, 0) is 0 Å². The van der Waals surface area contributed by atoms with Gasteiger partial charge >= 0.3 is 0 Å². The number of hydrogen-bond acceptors (Lipinski definition) is 3. The van der Waals surface area contributed by atoms with Gasteiger partial charge in [0.05, 0.1) is 17.6 Å². The quantitative estimate of drug-likeness (QED) is 0.727. The summed E-state index contributed by atoms with van der Waals surface area (Å²) in [6.45, 7) is 6.05. The van der Waals surface area contributed by atoms with Crippen LogP contribution in [0, 0.1) is 32.1 Å². The zero-order valence-corrected chi connectivity index (χ0v) is 9.52. The molecule has 80 valence electrons. The average molecular weight is 212 g/mol. The van der Waals surface area contributed by atoms with E-state index in [4.69, 9.17) is 5.26 Å². The Labute approximate surface area is 94.2 Å². The maximum Gasteiger partial charge on any atom is 0.140 e. The Bertz CT molecular complexity index is 558. The lowest BCUT2D eigenvalue weighted by atomic mass is 10.2. The fraction of sp³-hybridized carbons (Fsp3) is 0.250. The zero-order chi connectivity index (χ0) is 11.7. The van der Waals surface area contributed by atoms with Crippen molar-refractivity contribution < 1.29 is 0 Å². The monoisotopic (exact) mass is 212 g/mol. The number of aromatic nitrogens is 3. The molecule has 0 atom stereocenters. The maximum absolute atomic E-state index is 8.67. The summed E-state index contributed by atoms with van der Waals surface area (Å²) in [7, 11) is 0. The van der Waals surface area contributed by atoms with Gasteiger partial charge in [-0.3, -0.25) is 0 Å². The van der Waals surface area contributed by atoms with Gasteiger partial charge in [-0.15, -0.1) is 0 Å². The van der Waals surface area contributed by atoms with Crippen LogP contribution in [0.2, 0.25) is 0 Å². The van der Waals surface area contributed by atoms with Gasteiger partial charge in [-0.1, -0.05) is 0 Å². The van der Waals surface area contributed by atoms with E-state index in [9.17, 15) is 0 Å². The summed E-state index contributed by atoms with van der Waals surface area (Å²) in [6.07, 6.45) is 1.66. The number of nitrogens with zero attached hydrogens (tertiary/aromatic N) is 4. The lowest BCUT2D eigenvalue weighted by Gasteiger charge is -2.03. The fourth-order valence-electron chi connectivity index (χ4n) is 1.55. The highest BCUT2D eigenvalue weighted by atomic mass is 15.3. The molecule has 0 aliphatic heterocycles. The summed E-state index contributed by atoms with van der Waals surface area (Å²) in [5.41, 5.74) is 4.60. The molecule has 0 saturated carbocycles. The second kappa shape index (κ2) is 3.78. The van der Waals surface area contributed by atoms with Gasteiger partial charge in [-0.05, 0) is 38.5 Å². The van der Waals surface area contributed by atoms with E-state index in [1.807, 2.05) is 37.6 Å². The first-order valence-electron chi connectivity index (χ1n) is 5.03. The number of aryl methyl sites for hydroxylation is 1. The van der Waals surface area contributed by atoms with Crippen molar-refractivity contribution in [3.05, 3.63) is 41.0 Å². The molecule has 0 unspecified atom stereocenters. The first-order valence-corrected chi connectivity index (χ1v) is 5.03. The third-order valence-corrected chi connectivity index (χ3v) is 2.76. The predicted molar refractivity (Wildman–Crippen MR) is 60.3 cm³/mol. The summed E-state index contributed by atoms with van der Waals surface area (Å²) in [5.74, 6) is 0. The van der Waals surface area contributed by atoms with Crippen LogP contribution in [0.5, 0.6) is 0 Å². The van der Waals surface area contributed by atoms with E-state index in [-0.39, 0.29) is 0 Å². The number of hydrogen-bond donors (Lipinski definition) is 0. The van der Waals surface area contributed by atoms with E-state index in [1.165, 1.54) is 5.56 Å². The van der Waals surface area contributed by atoms with Crippen molar-refractivity contribution in [2.24, 2.45) is 0 Å². The van der Waals surface area contributed by atoms with Crippen LogP contribution in [0.15, 0.2) is 18.3 Å². The average Bonchev–Trinajstić information content (AvgIpc) is 2.57. The molecular weight excluding hydrogens is 200 g/mol. The van der Waals surface area contributed by atoms with Crippen molar-refractivity contribution in [2.45, 2.75) is 20.8 Å². The molecule has 0 N–H and O–H groups in total. The zero-order valence-electron chi connectivity index (χ0n) is 9.52. The third kappa shape index (κ3) is 1.57. The molecule has 0 aliphatic rings. The van der Waals surface area contributed by atoms with E-state index in [0.717, 1.165) is 17.1 Å². The predicted octanol–water partition coefficient (Wildman–Crippen LogP) is 2.06. The van der Waals surface area contributed by atoms with Crippen LogP contribution >= 0.6 is 0 Å². The number of rotatable bonds is 1. The summed E-state index contributed by atoms with van der Waals surface area (Å²) >= 11 is 0. The van der Waals surface area contributed by atoms with Gasteiger partial charge < -0.3 is 0 Å². The van der Waals surface area contributed by atoms with Gasteiger partial charge in [0.1, 0.15) is 11.8 Å². The third-order valence-electron chi connectivity index (χ3n) is 2.76. The van der Waals surface area contributed by atoms with Crippen molar-refractivity contribution >= 4 is 0 Å². The largest absolute Gasteiger partial charge is 0.243 e. The van der Waals surface area contributed by atoms with Gasteiger partial charge in [0.15, 0.2) is 0 Å². The van der Waals surface area contributed by atoms with Crippen LogP contribution < -0.4 is 0 Å². The van der Waals surface area contributed by atoms with E-state index >= 15 is 0 Å². The topological polar surface area (TPSA) is 54.5 Å². The molecule has 2 aromatic rings. The lowest BCUT2D eigenvalue weighted by molar-refractivity contribution is 0.827.